The van der Waals surface area contributed by atoms with Crippen molar-refractivity contribution in [2.45, 2.75) is 26.3 Å². The van der Waals surface area contributed by atoms with Gasteiger partial charge in [0.15, 0.2) is 0 Å². The van der Waals surface area contributed by atoms with Crippen molar-refractivity contribution >= 4 is 5.97 Å². The molecule has 0 fully saturated rings. The molecule has 0 spiro atoms. The van der Waals surface area contributed by atoms with Gasteiger partial charge >= 0.3 is 5.97 Å². The first-order chi connectivity index (χ1) is 6.18. The highest BCUT2D eigenvalue weighted by atomic mass is 16.4. The number of hydrogen-bond acceptors (Lipinski definition) is 3. The lowest BCUT2D eigenvalue weighted by atomic mass is 9.98. The molecule has 13 heavy (non-hydrogen) atoms. The fraction of sp³-hybridized carbons (Fsp3) is 0.625. The number of carboxylic acid groups (broad SMARTS) is 1. The quantitative estimate of drug-likeness (QED) is 0.673. The fourth-order valence-electron chi connectivity index (χ4n) is 1.69. The molecular formula is C8H11N3O2. The molecule has 0 aromatic carbocycles. The lowest BCUT2D eigenvalue weighted by molar-refractivity contribution is -0.142. The van der Waals surface area contributed by atoms with E-state index in [0.29, 0.717) is 13.0 Å². The van der Waals surface area contributed by atoms with Crippen molar-refractivity contribution in [2.24, 2.45) is 5.92 Å². The molecule has 5 nitrogen and oxygen atoms in total. The Hall–Kier alpha value is -1.39. The van der Waals surface area contributed by atoms with Crippen molar-refractivity contribution in [1.29, 1.82) is 0 Å². The SMILES string of the molecule is Cc1nnn2c1CCC(C(=O)O)C2. The molecule has 0 radical (unpaired) electrons. The Labute approximate surface area is 75.4 Å². The van der Waals surface area contributed by atoms with E-state index in [1.54, 1.807) is 4.68 Å². The standard InChI is InChI=1S/C8H11N3O2/c1-5-7-3-2-6(8(12)13)4-11(7)10-9-5/h6H,2-4H2,1H3,(H,12,13). The highest BCUT2D eigenvalue weighted by Gasteiger charge is 2.26. The average Bonchev–Trinajstić information content (AvgIpc) is 2.47. The van der Waals surface area contributed by atoms with Crippen molar-refractivity contribution < 1.29 is 9.90 Å². The molecule has 0 aliphatic carbocycles. The number of hydrogen-bond donors (Lipinski definition) is 1. The lowest BCUT2D eigenvalue weighted by Gasteiger charge is -2.19. The number of nitrogens with zero attached hydrogens (tertiary/aromatic N) is 3. The molecule has 2 rings (SSSR count). The van der Waals surface area contributed by atoms with Crippen LogP contribution < -0.4 is 0 Å². The monoisotopic (exact) mass is 181 g/mol. The first-order valence-corrected chi connectivity index (χ1v) is 4.30. The van der Waals surface area contributed by atoms with Crippen molar-refractivity contribution in [2.75, 3.05) is 0 Å². The minimum Gasteiger partial charge on any atom is -0.481 e. The molecule has 0 saturated heterocycles. The maximum atomic E-state index is 10.7. The smallest absolute Gasteiger partial charge is 0.308 e. The fourth-order valence-corrected chi connectivity index (χ4v) is 1.69. The van der Waals surface area contributed by atoms with Crippen LogP contribution in [-0.2, 0) is 17.8 Å². The average molecular weight is 181 g/mol. The third kappa shape index (κ3) is 1.30. The Balaban J connectivity index is 2.25. The Kier molecular flexibility index (Phi) is 1.79. The van der Waals surface area contributed by atoms with Gasteiger partial charge in [-0.25, -0.2) is 4.68 Å². The molecule has 0 saturated carbocycles. The minimum atomic E-state index is -0.737. The Morgan fingerprint density at radius 3 is 3.15 bits per heavy atom. The zero-order valence-electron chi connectivity index (χ0n) is 7.40. The van der Waals surface area contributed by atoms with E-state index in [1.165, 1.54) is 0 Å². The van der Waals surface area contributed by atoms with E-state index in [1.807, 2.05) is 6.92 Å². The number of carbonyl (C=O) groups is 1. The third-order valence-electron chi connectivity index (χ3n) is 2.50. The summed E-state index contributed by atoms with van der Waals surface area (Å²) in [5.41, 5.74) is 2.00. The number of aliphatic carboxylic acids is 1. The van der Waals surface area contributed by atoms with Crippen LogP contribution in [0.4, 0.5) is 0 Å². The summed E-state index contributed by atoms with van der Waals surface area (Å²) in [7, 11) is 0. The maximum absolute atomic E-state index is 10.7. The second-order valence-electron chi connectivity index (χ2n) is 3.38. The normalized spacial score (nSPS) is 21.2. The van der Waals surface area contributed by atoms with Gasteiger partial charge in [-0.3, -0.25) is 4.79 Å². The van der Waals surface area contributed by atoms with E-state index >= 15 is 0 Å². The summed E-state index contributed by atoms with van der Waals surface area (Å²) < 4.78 is 1.71. The van der Waals surface area contributed by atoms with Crippen LogP contribution in [-0.4, -0.2) is 26.1 Å². The van der Waals surface area contributed by atoms with Crippen LogP contribution in [0.3, 0.4) is 0 Å². The van der Waals surface area contributed by atoms with Crippen LogP contribution in [0.2, 0.25) is 0 Å². The van der Waals surface area contributed by atoms with Gasteiger partial charge in [0.1, 0.15) is 0 Å². The minimum absolute atomic E-state index is 0.298. The number of aryl methyl sites for hydroxylation is 1. The molecule has 1 aliphatic rings. The Morgan fingerprint density at radius 2 is 2.46 bits per heavy atom. The molecule has 70 valence electrons. The van der Waals surface area contributed by atoms with Crippen molar-refractivity contribution in [1.82, 2.24) is 15.0 Å². The largest absolute Gasteiger partial charge is 0.481 e. The summed E-state index contributed by atoms with van der Waals surface area (Å²) in [6.45, 7) is 2.37. The van der Waals surface area contributed by atoms with Crippen LogP contribution >= 0.6 is 0 Å². The van der Waals surface area contributed by atoms with Gasteiger partial charge in [-0.05, 0) is 19.8 Å². The van der Waals surface area contributed by atoms with Gasteiger partial charge in [-0.15, -0.1) is 5.10 Å². The molecule has 1 aromatic rings. The van der Waals surface area contributed by atoms with Crippen molar-refractivity contribution in [3.63, 3.8) is 0 Å². The molecule has 1 atom stereocenters. The molecular weight excluding hydrogens is 170 g/mol. The molecule has 1 aromatic heterocycles. The van der Waals surface area contributed by atoms with Gasteiger partial charge in [-0.2, -0.15) is 0 Å². The van der Waals surface area contributed by atoms with Gasteiger partial charge in [-0.1, -0.05) is 5.21 Å². The summed E-state index contributed by atoms with van der Waals surface area (Å²) in [6.07, 6.45) is 1.47. The molecule has 2 heterocycles. The summed E-state index contributed by atoms with van der Waals surface area (Å²) in [4.78, 5) is 10.7. The van der Waals surface area contributed by atoms with Crippen LogP contribution in [0, 0.1) is 12.8 Å². The van der Waals surface area contributed by atoms with Gasteiger partial charge in [0.05, 0.1) is 23.9 Å². The molecule has 5 heteroatoms. The van der Waals surface area contributed by atoms with Gasteiger partial charge < -0.3 is 5.11 Å². The van der Waals surface area contributed by atoms with Gasteiger partial charge in [0.2, 0.25) is 0 Å². The first kappa shape index (κ1) is 8.22. The maximum Gasteiger partial charge on any atom is 0.308 e. The topological polar surface area (TPSA) is 68.0 Å². The van der Waals surface area contributed by atoms with Crippen LogP contribution in [0.15, 0.2) is 0 Å². The molecule has 1 N–H and O–H groups in total. The zero-order valence-corrected chi connectivity index (χ0v) is 7.40. The predicted octanol–water partition coefficient (Wildman–Crippen LogP) is 0.234. The summed E-state index contributed by atoms with van der Waals surface area (Å²) in [6, 6.07) is 0. The summed E-state index contributed by atoms with van der Waals surface area (Å²) >= 11 is 0. The zero-order chi connectivity index (χ0) is 9.42. The van der Waals surface area contributed by atoms with E-state index in [0.717, 1.165) is 17.8 Å². The Bertz CT molecular complexity index is 345. The second-order valence-corrected chi connectivity index (χ2v) is 3.38. The number of carboxylic acids is 1. The van der Waals surface area contributed by atoms with Crippen LogP contribution in [0.5, 0.6) is 0 Å². The van der Waals surface area contributed by atoms with E-state index in [-0.39, 0.29) is 5.92 Å². The second kappa shape index (κ2) is 2.83. The van der Waals surface area contributed by atoms with Crippen LogP contribution in [0.25, 0.3) is 0 Å². The highest BCUT2D eigenvalue weighted by Crippen LogP contribution is 2.20. The van der Waals surface area contributed by atoms with E-state index in [2.05, 4.69) is 10.3 Å². The van der Waals surface area contributed by atoms with E-state index < -0.39 is 5.97 Å². The summed E-state index contributed by atoms with van der Waals surface area (Å²) in [5.74, 6) is -1.03. The first-order valence-electron chi connectivity index (χ1n) is 4.30. The lowest BCUT2D eigenvalue weighted by Crippen LogP contribution is -2.27. The number of rotatable bonds is 1. The third-order valence-corrected chi connectivity index (χ3v) is 2.50. The number of aromatic nitrogens is 3. The number of fused-ring (bicyclic) bond motifs is 1. The van der Waals surface area contributed by atoms with Crippen LogP contribution in [0.1, 0.15) is 17.8 Å². The summed E-state index contributed by atoms with van der Waals surface area (Å²) in [5, 5.41) is 16.6. The van der Waals surface area contributed by atoms with Crippen molar-refractivity contribution in [3.05, 3.63) is 11.4 Å². The molecule has 0 amide bonds. The van der Waals surface area contributed by atoms with Gasteiger partial charge in [0, 0.05) is 0 Å². The predicted molar refractivity (Wildman–Crippen MR) is 44.2 cm³/mol. The molecule has 1 unspecified atom stereocenters. The van der Waals surface area contributed by atoms with Gasteiger partial charge in [0.25, 0.3) is 0 Å². The molecule has 1 aliphatic heterocycles. The van der Waals surface area contributed by atoms with E-state index in [9.17, 15) is 4.79 Å². The highest BCUT2D eigenvalue weighted by molar-refractivity contribution is 5.70. The Morgan fingerprint density at radius 1 is 1.69 bits per heavy atom. The van der Waals surface area contributed by atoms with Crippen molar-refractivity contribution in [3.8, 4) is 0 Å². The molecule has 0 bridgehead atoms. The van der Waals surface area contributed by atoms with E-state index in [4.69, 9.17) is 5.11 Å².